The molecule has 0 spiro atoms. The number of anilines is 1. The van der Waals surface area contributed by atoms with Gasteiger partial charge in [-0.15, -0.1) is 0 Å². The van der Waals surface area contributed by atoms with Gasteiger partial charge in [0.25, 0.3) is 0 Å². The molecule has 0 saturated carbocycles. The highest BCUT2D eigenvalue weighted by atomic mass is 16.7. The Morgan fingerprint density at radius 3 is 2.04 bits per heavy atom. The number of hydrogen-bond acceptors (Lipinski definition) is 4. The molecular formula is C19H30BNO5. The summed E-state index contributed by atoms with van der Waals surface area (Å²) in [5.41, 5.74) is 0.396. The Hall–Kier alpha value is -1.73. The van der Waals surface area contributed by atoms with Gasteiger partial charge in [-0.25, -0.2) is 4.79 Å². The Bertz CT molecular complexity index is 693. The summed E-state index contributed by atoms with van der Waals surface area (Å²) in [7, 11) is 0.909. The first-order valence-electron chi connectivity index (χ1n) is 8.78. The van der Waals surface area contributed by atoms with Crippen LogP contribution >= 0.6 is 0 Å². The third kappa shape index (κ3) is 3.55. The lowest BCUT2D eigenvalue weighted by Gasteiger charge is -2.35. The Kier molecular flexibility index (Phi) is 5.12. The van der Waals surface area contributed by atoms with Crippen molar-refractivity contribution >= 4 is 24.4 Å². The van der Waals surface area contributed by atoms with E-state index in [2.05, 4.69) is 0 Å². The van der Waals surface area contributed by atoms with Crippen LogP contribution in [0.3, 0.4) is 0 Å². The van der Waals surface area contributed by atoms with Crippen molar-refractivity contribution < 1.29 is 23.9 Å². The lowest BCUT2D eigenvalue weighted by atomic mass is 9.76. The molecule has 1 saturated heterocycles. The molecule has 0 unspecified atom stereocenters. The molecule has 6 nitrogen and oxygen atoms in total. The lowest BCUT2D eigenvalue weighted by Crippen LogP contribution is -2.49. The van der Waals surface area contributed by atoms with Gasteiger partial charge in [-0.1, -0.05) is 6.07 Å². The zero-order valence-electron chi connectivity index (χ0n) is 17.3. The summed E-state index contributed by atoms with van der Waals surface area (Å²) < 4.78 is 17.8. The van der Waals surface area contributed by atoms with Gasteiger partial charge >= 0.3 is 13.2 Å². The summed E-state index contributed by atoms with van der Waals surface area (Å²) in [4.78, 5) is 13.4. The topological polar surface area (TPSA) is 68.2 Å². The van der Waals surface area contributed by atoms with Gasteiger partial charge in [-0.05, 0) is 61.0 Å². The monoisotopic (exact) mass is 363 g/mol. The minimum atomic E-state index is -1.04. The van der Waals surface area contributed by atoms with E-state index >= 15 is 0 Å². The molecule has 1 amide bonds. The lowest BCUT2D eigenvalue weighted by molar-refractivity contribution is 0.00578. The molecule has 1 fully saturated rings. The van der Waals surface area contributed by atoms with Crippen LogP contribution in [-0.2, 0) is 9.31 Å². The van der Waals surface area contributed by atoms with E-state index in [9.17, 15) is 9.90 Å². The molecule has 0 radical (unpaired) electrons. The normalized spacial score (nSPS) is 18.7. The van der Waals surface area contributed by atoms with Crippen LogP contribution in [0.25, 0.3) is 0 Å². The highest BCUT2D eigenvalue weighted by molar-refractivity contribution is 6.64. The predicted octanol–water partition coefficient (Wildman–Crippen LogP) is 3.59. The van der Waals surface area contributed by atoms with E-state index in [4.69, 9.17) is 14.0 Å². The summed E-state index contributed by atoms with van der Waals surface area (Å²) in [5, 5.41) is 9.87. The standard InChI is InChI=1S/C19H30BNO5/c1-12-10-13(20-25-18(5,6)19(7,8)26-20)14(11-15(12)24-9)21(16(22)23)17(2,3)4/h10-11H,1-9H3,(H,22,23). The summed E-state index contributed by atoms with van der Waals surface area (Å²) in [6.45, 7) is 15.4. The summed E-state index contributed by atoms with van der Waals surface area (Å²) in [5.74, 6) is 0.621. The fraction of sp³-hybridized carbons (Fsp3) is 0.632. The minimum Gasteiger partial charge on any atom is -0.496 e. The third-order valence-corrected chi connectivity index (χ3v) is 5.15. The van der Waals surface area contributed by atoms with Crippen molar-refractivity contribution in [3.8, 4) is 5.75 Å². The number of benzene rings is 1. The first-order valence-corrected chi connectivity index (χ1v) is 8.78. The van der Waals surface area contributed by atoms with Gasteiger partial charge in [0.1, 0.15) is 5.75 Å². The number of ether oxygens (including phenoxy) is 1. The second kappa shape index (κ2) is 6.46. The largest absolute Gasteiger partial charge is 0.497 e. The molecule has 0 aliphatic carbocycles. The molecule has 1 heterocycles. The molecule has 1 N–H and O–H groups in total. The van der Waals surface area contributed by atoms with Crippen molar-refractivity contribution in [1.29, 1.82) is 0 Å². The minimum absolute atomic E-state index is 0.506. The number of aryl methyl sites for hydroxylation is 1. The molecule has 1 aromatic rings. The first kappa shape index (κ1) is 20.6. The maximum absolute atomic E-state index is 12.1. The zero-order valence-corrected chi connectivity index (χ0v) is 17.3. The molecule has 0 atom stereocenters. The number of hydrogen-bond donors (Lipinski definition) is 1. The molecule has 1 aliphatic heterocycles. The maximum Gasteiger partial charge on any atom is 0.497 e. The van der Waals surface area contributed by atoms with Crippen molar-refractivity contribution in [2.24, 2.45) is 0 Å². The second-order valence-electron chi connectivity index (χ2n) is 8.76. The molecule has 2 rings (SSSR count). The van der Waals surface area contributed by atoms with Crippen LogP contribution in [0, 0.1) is 6.92 Å². The van der Waals surface area contributed by atoms with Crippen molar-refractivity contribution in [2.75, 3.05) is 12.0 Å². The van der Waals surface area contributed by atoms with Crippen LogP contribution in [0.1, 0.15) is 54.0 Å². The molecular weight excluding hydrogens is 333 g/mol. The second-order valence-corrected chi connectivity index (χ2v) is 8.76. The van der Waals surface area contributed by atoms with Crippen molar-refractivity contribution in [3.05, 3.63) is 17.7 Å². The molecule has 0 bridgehead atoms. The molecule has 144 valence electrons. The number of carbonyl (C=O) groups is 1. The summed E-state index contributed by atoms with van der Waals surface area (Å²) in [6.07, 6.45) is -1.04. The van der Waals surface area contributed by atoms with Crippen LogP contribution in [0.5, 0.6) is 5.75 Å². The van der Waals surface area contributed by atoms with Crippen molar-refractivity contribution in [2.45, 2.75) is 72.1 Å². The number of rotatable bonds is 3. The summed E-state index contributed by atoms with van der Waals surface area (Å²) in [6, 6.07) is 3.63. The SMILES string of the molecule is COc1cc(N(C(=O)O)C(C)(C)C)c(B2OC(C)(C)C(C)(C)O2)cc1C. The van der Waals surface area contributed by atoms with Crippen molar-refractivity contribution in [3.63, 3.8) is 0 Å². The summed E-state index contributed by atoms with van der Waals surface area (Å²) >= 11 is 0. The van der Waals surface area contributed by atoms with Crippen LogP contribution in [-0.4, -0.2) is 42.2 Å². The molecule has 1 aliphatic rings. The van der Waals surface area contributed by atoms with Gasteiger partial charge in [-0.3, -0.25) is 4.90 Å². The van der Waals surface area contributed by atoms with Crippen LogP contribution in [0.2, 0.25) is 0 Å². The Balaban J connectivity index is 2.67. The van der Waals surface area contributed by atoms with Gasteiger partial charge in [-0.2, -0.15) is 0 Å². The highest BCUT2D eigenvalue weighted by Gasteiger charge is 2.53. The quantitative estimate of drug-likeness (QED) is 0.832. The van der Waals surface area contributed by atoms with E-state index in [1.165, 1.54) is 4.90 Å². The molecule has 7 heteroatoms. The van der Waals surface area contributed by atoms with Crippen LogP contribution < -0.4 is 15.1 Å². The molecule has 1 aromatic carbocycles. The van der Waals surface area contributed by atoms with Crippen LogP contribution in [0.15, 0.2) is 12.1 Å². The van der Waals surface area contributed by atoms with E-state index < -0.39 is 30.0 Å². The molecule has 0 aromatic heterocycles. The Morgan fingerprint density at radius 2 is 1.65 bits per heavy atom. The first-order chi connectivity index (χ1) is 11.7. The Labute approximate surface area is 156 Å². The van der Waals surface area contributed by atoms with E-state index in [1.807, 2.05) is 61.5 Å². The van der Waals surface area contributed by atoms with Gasteiger partial charge in [0, 0.05) is 17.1 Å². The highest BCUT2D eigenvalue weighted by Crippen LogP contribution is 2.38. The Morgan fingerprint density at radius 1 is 1.15 bits per heavy atom. The van der Waals surface area contributed by atoms with Crippen LogP contribution in [0.4, 0.5) is 10.5 Å². The van der Waals surface area contributed by atoms with Crippen molar-refractivity contribution in [1.82, 2.24) is 0 Å². The fourth-order valence-electron chi connectivity index (χ4n) is 3.02. The third-order valence-electron chi connectivity index (χ3n) is 5.15. The van der Waals surface area contributed by atoms with Gasteiger partial charge in [0.2, 0.25) is 0 Å². The zero-order chi connectivity index (χ0) is 20.1. The fourth-order valence-corrected chi connectivity index (χ4v) is 3.02. The maximum atomic E-state index is 12.1. The van der Waals surface area contributed by atoms with Gasteiger partial charge < -0.3 is 19.2 Å². The number of methoxy groups -OCH3 is 1. The molecule has 26 heavy (non-hydrogen) atoms. The van der Waals surface area contributed by atoms with Gasteiger partial charge in [0.15, 0.2) is 0 Å². The van der Waals surface area contributed by atoms with E-state index in [0.717, 1.165) is 5.56 Å². The average molecular weight is 363 g/mol. The van der Waals surface area contributed by atoms with E-state index in [-0.39, 0.29) is 0 Å². The van der Waals surface area contributed by atoms with E-state index in [0.29, 0.717) is 16.9 Å². The predicted molar refractivity (Wildman–Crippen MR) is 104 cm³/mol. The average Bonchev–Trinajstić information content (AvgIpc) is 2.66. The van der Waals surface area contributed by atoms with E-state index in [1.54, 1.807) is 13.2 Å². The smallest absolute Gasteiger partial charge is 0.496 e. The number of nitrogens with zero attached hydrogens (tertiary/aromatic N) is 1. The number of carboxylic acid groups (broad SMARTS) is 1. The van der Waals surface area contributed by atoms with Gasteiger partial charge in [0.05, 0.1) is 24.0 Å². The number of amides is 1.